The Bertz CT molecular complexity index is 663. The number of hydrogen-bond acceptors (Lipinski definition) is 6. The van der Waals surface area contributed by atoms with E-state index in [0.29, 0.717) is 11.7 Å². The number of aryl methyl sites for hydroxylation is 1. The van der Waals surface area contributed by atoms with Crippen LogP contribution in [-0.2, 0) is 6.61 Å². The van der Waals surface area contributed by atoms with Crippen molar-refractivity contribution in [2.24, 2.45) is 0 Å². The number of ether oxygens (including phenoxy) is 1. The molecule has 0 fully saturated rings. The summed E-state index contributed by atoms with van der Waals surface area (Å²) in [5.74, 6) is 1.79. The van der Waals surface area contributed by atoms with Crippen molar-refractivity contribution >= 4 is 11.3 Å². The third-order valence-electron chi connectivity index (χ3n) is 2.52. The highest BCUT2D eigenvalue weighted by molar-refractivity contribution is 7.13. The van der Waals surface area contributed by atoms with Crippen LogP contribution in [0, 0.1) is 6.92 Å². The highest BCUT2D eigenvalue weighted by Gasteiger charge is 2.13. The molecule has 1 aromatic carbocycles. The lowest BCUT2D eigenvalue weighted by Crippen LogP contribution is -1.97. The average molecular weight is 273 g/mol. The van der Waals surface area contributed by atoms with Crippen LogP contribution in [0.1, 0.15) is 11.5 Å². The normalized spacial score (nSPS) is 10.6. The third-order valence-corrected chi connectivity index (χ3v) is 3.44. The largest absolute Gasteiger partial charge is 0.485 e. The van der Waals surface area contributed by atoms with Gasteiger partial charge in [-0.15, -0.1) is 11.3 Å². The maximum Gasteiger partial charge on any atom is 0.270 e. The van der Waals surface area contributed by atoms with E-state index in [1.165, 1.54) is 11.3 Å². The van der Waals surface area contributed by atoms with Gasteiger partial charge < -0.3 is 9.26 Å². The van der Waals surface area contributed by atoms with Crippen LogP contribution in [0.2, 0.25) is 0 Å². The van der Waals surface area contributed by atoms with Crippen molar-refractivity contribution in [2.75, 3.05) is 0 Å². The first-order chi connectivity index (χ1) is 9.33. The van der Waals surface area contributed by atoms with Crippen LogP contribution < -0.4 is 4.74 Å². The molecule has 0 saturated heterocycles. The van der Waals surface area contributed by atoms with E-state index in [-0.39, 0.29) is 6.61 Å². The molecule has 3 rings (SSSR count). The minimum Gasteiger partial charge on any atom is -0.485 e. The minimum absolute atomic E-state index is 0.283. The fraction of sp³-hybridized carbons (Fsp3) is 0.154. The van der Waals surface area contributed by atoms with Crippen molar-refractivity contribution in [1.29, 1.82) is 0 Å². The number of thiazole rings is 1. The van der Waals surface area contributed by atoms with Gasteiger partial charge in [-0.2, -0.15) is 4.98 Å². The Kier molecular flexibility index (Phi) is 3.24. The van der Waals surface area contributed by atoms with Gasteiger partial charge in [0.05, 0.1) is 11.2 Å². The number of para-hydroxylation sites is 1. The Labute approximate surface area is 113 Å². The lowest BCUT2D eigenvalue weighted by Gasteiger charge is -2.01. The van der Waals surface area contributed by atoms with E-state index in [2.05, 4.69) is 15.1 Å². The number of hydrogen-bond donors (Lipinski definition) is 0. The molecule has 5 nitrogen and oxygen atoms in total. The lowest BCUT2D eigenvalue weighted by molar-refractivity contribution is 0.287. The van der Waals surface area contributed by atoms with Gasteiger partial charge in [0.1, 0.15) is 10.6 Å². The summed E-state index contributed by atoms with van der Waals surface area (Å²) in [5, 5.41) is 3.90. The fourth-order valence-corrected chi connectivity index (χ4v) is 2.30. The van der Waals surface area contributed by atoms with E-state index in [9.17, 15) is 0 Å². The topological polar surface area (TPSA) is 61.0 Å². The zero-order valence-electron chi connectivity index (χ0n) is 10.2. The molecule has 0 aliphatic rings. The summed E-state index contributed by atoms with van der Waals surface area (Å²) in [4.78, 5) is 9.35. The first kappa shape index (κ1) is 11.9. The van der Waals surface area contributed by atoms with Crippen molar-refractivity contribution in [3.8, 4) is 16.5 Å². The van der Waals surface area contributed by atoms with Crippen molar-refractivity contribution in [2.45, 2.75) is 13.5 Å². The molecule has 0 bridgehead atoms. The van der Waals surface area contributed by atoms with Crippen LogP contribution in [0.25, 0.3) is 10.8 Å². The van der Waals surface area contributed by atoms with Crippen LogP contribution in [-0.4, -0.2) is 15.1 Å². The molecule has 2 heterocycles. The van der Waals surface area contributed by atoms with Crippen LogP contribution in [0.5, 0.6) is 5.75 Å². The molecule has 0 amide bonds. The quantitative estimate of drug-likeness (QED) is 0.731. The monoisotopic (exact) mass is 273 g/mol. The van der Waals surface area contributed by atoms with Crippen molar-refractivity contribution in [3.05, 3.63) is 47.4 Å². The van der Waals surface area contributed by atoms with Crippen LogP contribution >= 0.6 is 11.3 Å². The smallest absolute Gasteiger partial charge is 0.270 e. The Morgan fingerprint density at radius 1 is 1.26 bits per heavy atom. The van der Waals surface area contributed by atoms with Gasteiger partial charge in [-0.25, -0.2) is 4.98 Å². The Balaban J connectivity index is 1.71. The average Bonchev–Trinajstić information content (AvgIpc) is 3.06. The highest BCUT2D eigenvalue weighted by Crippen LogP contribution is 2.25. The van der Waals surface area contributed by atoms with E-state index in [1.54, 1.807) is 5.51 Å². The summed E-state index contributed by atoms with van der Waals surface area (Å²) in [7, 11) is 0. The summed E-state index contributed by atoms with van der Waals surface area (Å²) in [6.07, 6.45) is 0. The van der Waals surface area contributed by atoms with E-state index < -0.39 is 0 Å². The Morgan fingerprint density at radius 3 is 2.84 bits per heavy atom. The zero-order chi connectivity index (χ0) is 13.1. The molecule has 3 aromatic rings. The summed E-state index contributed by atoms with van der Waals surface area (Å²) in [5.41, 5.74) is 2.65. The summed E-state index contributed by atoms with van der Waals surface area (Å²) in [6, 6.07) is 9.53. The summed E-state index contributed by atoms with van der Waals surface area (Å²) >= 11 is 1.48. The fourth-order valence-electron chi connectivity index (χ4n) is 1.58. The molecular weight excluding hydrogens is 262 g/mol. The number of nitrogens with zero attached hydrogens (tertiary/aromatic N) is 3. The zero-order valence-corrected chi connectivity index (χ0v) is 11.1. The van der Waals surface area contributed by atoms with Crippen LogP contribution in [0.4, 0.5) is 0 Å². The maximum absolute atomic E-state index is 5.56. The maximum atomic E-state index is 5.56. The summed E-state index contributed by atoms with van der Waals surface area (Å²) < 4.78 is 10.8. The predicted molar refractivity (Wildman–Crippen MR) is 70.9 cm³/mol. The van der Waals surface area contributed by atoms with E-state index in [0.717, 1.165) is 16.3 Å². The second-order valence-corrected chi connectivity index (χ2v) is 4.74. The van der Waals surface area contributed by atoms with Crippen molar-refractivity contribution < 1.29 is 9.26 Å². The van der Waals surface area contributed by atoms with E-state index >= 15 is 0 Å². The number of aromatic nitrogens is 3. The standard InChI is InChI=1S/C13H11N3O2S/c1-9-12(19-8-14-9)13-15-11(16-18-13)7-17-10-5-3-2-4-6-10/h2-6,8H,7H2,1H3. The molecule has 2 aromatic heterocycles. The van der Waals surface area contributed by atoms with Gasteiger partial charge >= 0.3 is 0 Å². The lowest BCUT2D eigenvalue weighted by atomic mass is 10.3. The molecule has 0 radical (unpaired) electrons. The minimum atomic E-state index is 0.283. The van der Waals surface area contributed by atoms with Gasteiger partial charge in [-0.05, 0) is 19.1 Å². The SMILES string of the molecule is Cc1ncsc1-c1nc(COc2ccccc2)no1. The van der Waals surface area contributed by atoms with Crippen LogP contribution in [0.3, 0.4) is 0 Å². The molecule has 0 N–H and O–H groups in total. The van der Waals surface area contributed by atoms with Gasteiger partial charge in [0.25, 0.3) is 5.89 Å². The van der Waals surface area contributed by atoms with Gasteiger partial charge in [0.2, 0.25) is 5.82 Å². The molecule has 0 unspecified atom stereocenters. The molecule has 0 saturated carbocycles. The first-order valence-electron chi connectivity index (χ1n) is 5.74. The van der Waals surface area contributed by atoms with Gasteiger partial charge in [0, 0.05) is 0 Å². The first-order valence-corrected chi connectivity index (χ1v) is 6.62. The second kappa shape index (κ2) is 5.19. The van der Waals surface area contributed by atoms with Gasteiger partial charge in [-0.3, -0.25) is 0 Å². The van der Waals surface area contributed by atoms with Gasteiger partial charge in [0.15, 0.2) is 6.61 Å². The van der Waals surface area contributed by atoms with Crippen LogP contribution in [0.15, 0.2) is 40.4 Å². The van der Waals surface area contributed by atoms with Gasteiger partial charge in [-0.1, -0.05) is 23.4 Å². The number of benzene rings is 1. The molecular formula is C13H11N3O2S. The molecule has 0 aliphatic carbocycles. The molecule has 6 heteroatoms. The molecule has 19 heavy (non-hydrogen) atoms. The Morgan fingerprint density at radius 2 is 2.11 bits per heavy atom. The third kappa shape index (κ3) is 2.63. The predicted octanol–water partition coefficient (Wildman–Crippen LogP) is 3.08. The summed E-state index contributed by atoms with van der Waals surface area (Å²) in [6.45, 7) is 2.20. The molecule has 0 spiro atoms. The van der Waals surface area contributed by atoms with E-state index in [4.69, 9.17) is 9.26 Å². The van der Waals surface area contributed by atoms with E-state index in [1.807, 2.05) is 37.3 Å². The van der Waals surface area contributed by atoms with Crippen molar-refractivity contribution in [1.82, 2.24) is 15.1 Å². The molecule has 0 atom stereocenters. The number of rotatable bonds is 4. The molecule has 0 aliphatic heterocycles. The highest BCUT2D eigenvalue weighted by atomic mass is 32.1. The second-order valence-electron chi connectivity index (χ2n) is 3.88. The van der Waals surface area contributed by atoms with Crippen molar-refractivity contribution in [3.63, 3.8) is 0 Å². The Hall–Kier alpha value is -2.21. The molecule has 96 valence electrons.